The van der Waals surface area contributed by atoms with Crippen molar-refractivity contribution in [1.29, 1.82) is 0 Å². The minimum atomic E-state index is -0.118. The van der Waals surface area contributed by atoms with Crippen molar-refractivity contribution < 1.29 is 4.79 Å². The quantitative estimate of drug-likeness (QED) is 0.889. The Hall–Kier alpha value is -1.55. The standard InChI is InChI=1S/C15H23N3O/c1-11-7-5-6-8-13(11)18-10-12(2)17(4)15(19)14(18)9-16-3/h5-8,12,14,16H,9-10H2,1-4H3. The summed E-state index contributed by atoms with van der Waals surface area (Å²) in [6.45, 7) is 5.74. The minimum absolute atomic E-state index is 0.118. The summed E-state index contributed by atoms with van der Waals surface area (Å²) in [5, 5.41) is 3.13. The summed E-state index contributed by atoms with van der Waals surface area (Å²) in [4.78, 5) is 16.6. The summed E-state index contributed by atoms with van der Waals surface area (Å²) >= 11 is 0. The molecular formula is C15H23N3O. The lowest BCUT2D eigenvalue weighted by Gasteiger charge is -2.44. The molecule has 1 aromatic carbocycles. The Balaban J connectivity index is 2.36. The molecule has 2 atom stereocenters. The molecule has 0 radical (unpaired) electrons. The molecule has 2 rings (SSSR count). The largest absolute Gasteiger partial charge is 0.356 e. The van der Waals surface area contributed by atoms with Crippen molar-refractivity contribution in [3.63, 3.8) is 0 Å². The van der Waals surface area contributed by atoms with Crippen LogP contribution in [0.1, 0.15) is 12.5 Å². The average Bonchev–Trinajstić information content (AvgIpc) is 2.40. The molecule has 1 heterocycles. The third kappa shape index (κ3) is 2.59. The Bertz CT molecular complexity index is 460. The number of likely N-dealkylation sites (N-methyl/N-ethyl adjacent to an activating group) is 2. The summed E-state index contributed by atoms with van der Waals surface area (Å²) < 4.78 is 0. The molecule has 104 valence electrons. The molecule has 2 unspecified atom stereocenters. The molecule has 0 saturated carbocycles. The van der Waals surface area contributed by atoms with Crippen LogP contribution in [-0.4, -0.2) is 50.1 Å². The molecule has 1 aromatic rings. The number of carbonyl (C=O) groups excluding carboxylic acids is 1. The number of benzene rings is 1. The number of amides is 1. The minimum Gasteiger partial charge on any atom is -0.356 e. The highest BCUT2D eigenvalue weighted by molar-refractivity contribution is 5.87. The topological polar surface area (TPSA) is 35.6 Å². The predicted octanol–water partition coefficient (Wildman–Crippen LogP) is 1.25. The van der Waals surface area contributed by atoms with Gasteiger partial charge in [-0.15, -0.1) is 0 Å². The Kier molecular flexibility index (Phi) is 4.10. The number of para-hydroxylation sites is 1. The van der Waals surface area contributed by atoms with Gasteiger partial charge in [0.2, 0.25) is 5.91 Å². The number of rotatable bonds is 3. The first-order valence-corrected chi connectivity index (χ1v) is 6.79. The molecule has 1 N–H and O–H groups in total. The van der Waals surface area contributed by atoms with Crippen LogP contribution in [0.3, 0.4) is 0 Å². The Morgan fingerprint density at radius 2 is 2.05 bits per heavy atom. The number of carbonyl (C=O) groups is 1. The van der Waals surface area contributed by atoms with E-state index in [1.54, 1.807) is 0 Å². The van der Waals surface area contributed by atoms with Crippen molar-refractivity contribution in [2.75, 3.05) is 32.1 Å². The molecule has 19 heavy (non-hydrogen) atoms. The average molecular weight is 261 g/mol. The molecule has 0 aliphatic carbocycles. The van der Waals surface area contributed by atoms with Crippen LogP contribution < -0.4 is 10.2 Å². The Morgan fingerprint density at radius 3 is 2.68 bits per heavy atom. The van der Waals surface area contributed by atoms with Crippen LogP contribution >= 0.6 is 0 Å². The maximum absolute atomic E-state index is 12.5. The molecule has 1 aliphatic heterocycles. The summed E-state index contributed by atoms with van der Waals surface area (Å²) in [7, 11) is 3.78. The Labute approximate surface area is 115 Å². The van der Waals surface area contributed by atoms with Crippen LogP contribution in [0.25, 0.3) is 0 Å². The van der Waals surface area contributed by atoms with Gasteiger partial charge in [-0.1, -0.05) is 18.2 Å². The van der Waals surface area contributed by atoms with Crippen LogP contribution in [0.4, 0.5) is 5.69 Å². The molecule has 0 spiro atoms. The number of aryl methyl sites for hydroxylation is 1. The van der Waals surface area contributed by atoms with Crippen LogP contribution in [0.5, 0.6) is 0 Å². The van der Waals surface area contributed by atoms with Crippen molar-refractivity contribution in [3.05, 3.63) is 29.8 Å². The first-order valence-electron chi connectivity index (χ1n) is 6.79. The Morgan fingerprint density at radius 1 is 1.37 bits per heavy atom. The second-order valence-electron chi connectivity index (χ2n) is 5.31. The zero-order valence-corrected chi connectivity index (χ0v) is 12.2. The summed E-state index contributed by atoms with van der Waals surface area (Å²) in [6, 6.07) is 8.38. The normalized spacial score (nSPS) is 23.9. The van der Waals surface area contributed by atoms with Gasteiger partial charge in [0.05, 0.1) is 0 Å². The third-order valence-electron chi connectivity index (χ3n) is 3.95. The molecule has 0 aromatic heterocycles. The second-order valence-corrected chi connectivity index (χ2v) is 5.31. The maximum atomic E-state index is 12.5. The number of nitrogens with zero attached hydrogens (tertiary/aromatic N) is 2. The van der Waals surface area contributed by atoms with E-state index in [9.17, 15) is 4.79 Å². The number of piperazine rings is 1. The van der Waals surface area contributed by atoms with Gasteiger partial charge in [-0.2, -0.15) is 0 Å². The van der Waals surface area contributed by atoms with E-state index in [4.69, 9.17) is 0 Å². The molecule has 4 nitrogen and oxygen atoms in total. The van der Waals surface area contributed by atoms with E-state index < -0.39 is 0 Å². The highest BCUT2D eigenvalue weighted by atomic mass is 16.2. The molecule has 0 bridgehead atoms. The van der Waals surface area contributed by atoms with Crippen molar-refractivity contribution in [1.82, 2.24) is 10.2 Å². The van der Waals surface area contributed by atoms with E-state index in [1.807, 2.05) is 31.1 Å². The maximum Gasteiger partial charge on any atom is 0.246 e. The van der Waals surface area contributed by atoms with Gasteiger partial charge in [0.15, 0.2) is 0 Å². The zero-order valence-electron chi connectivity index (χ0n) is 12.2. The van der Waals surface area contributed by atoms with E-state index in [2.05, 4.69) is 36.2 Å². The van der Waals surface area contributed by atoms with E-state index in [0.717, 1.165) is 12.2 Å². The lowest BCUT2D eigenvalue weighted by molar-refractivity contribution is -0.134. The number of hydrogen-bond acceptors (Lipinski definition) is 3. The van der Waals surface area contributed by atoms with Crippen LogP contribution in [0.2, 0.25) is 0 Å². The summed E-state index contributed by atoms with van der Waals surface area (Å²) in [6.07, 6.45) is 0. The first kappa shape index (κ1) is 13.9. The molecule has 1 fully saturated rings. The van der Waals surface area contributed by atoms with Gasteiger partial charge in [-0.05, 0) is 32.5 Å². The van der Waals surface area contributed by atoms with Gasteiger partial charge in [-0.3, -0.25) is 4.79 Å². The number of nitrogens with one attached hydrogen (secondary N) is 1. The van der Waals surface area contributed by atoms with Crippen molar-refractivity contribution in [2.24, 2.45) is 0 Å². The molecule has 1 saturated heterocycles. The smallest absolute Gasteiger partial charge is 0.246 e. The summed E-state index contributed by atoms with van der Waals surface area (Å²) in [5.41, 5.74) is 2.38. The van der Waals surface area contributed by atoms with Gasteiger partial charge < -0.3 is 15.1 Å². The molecule has 4 heteroatoms. The van der Waals surface area contributed by atoms with Crippen molar-refractivity contribution >= 4 is 11.6 Å². The van der Waals surface area contributed by atoms with Crippen molar-refractivity contribution in [2.45, 2.75) is 25.9 Å². The van der Waals surface area contributed by atoms with Gasteiger partial charge in [-0.25, -0.2) is 0 Å². The van der Waals surface area contributed by atoms with Gasteiger partial charge in [0, 0.05) is 31.9 Å². The van der Waals surface area contributed by atoms with E-state index in [0.29, 0.717) is 6.54 Å². The fourth-order valence-corrected chi connectivity index (χ4v) is 2.66. The predicted molar refractivity (Wildman–Crippen MR) is 78.5 cm³/mol. The number of anilines is 1. The van der Waals surface area contributed by atoms with E-state index in [1.165, 1.54) is 5.56 Å². The van der Waals surface area contributed by atoms with Crippen LogP contribution in [0.15, 0.2) is 24.3 Å². The fraction of sp³-hybridized carbons (Fsp3) is 0.533. The van der Waals surface area contributed by atoms with Gasteiger partial charge in [0.1, 0.15) is 6.04 Å². The monoisotopic (exact) mass is 261 g/mol. The molecular weight excluding hydrogens is 238 g/mol. The zero-order chi connectivity index (χ0) is 14.0. The van der Waals surface area contributed by atoms with Crippen molar-refractivity contribution in [3.8, 4) is 0 Å². The van der Waals surface area contributed by atoms with Gasteiger partial charge >= 0.3 is 0 Å². The second kappa shape index (κ2) is 5.61. The van der Waals surface area contributed by atoms with Gasteiger partial charge in [0.25, 0.3) is 0 Å². The van der Waals surface area contributed by atoms with E-state index >= 15 is 0 Å². The highest BCUT2D eigenvalue weighted by Gasteiger charge is 2.36. The SMILES string of the molecule is CNCC1C(=O)N(C)C(C)CN1c1ccccc1C. The lowest BCUT2D eigenvalue weighted by Crippen LogP contribution is -2.62. The van der Waals surface area contributed by atoms with E-state index in [-0.39, 0.29) is 18.0 Å². The number of hydrogen-bond donors (Lipinski definition) is 1. The molecule has 1 aliphatic rings. The lowest BCUT2D eigenvalue weighted by atomic mass is 10.0. The van der Waals surface area contributed by atoms with Crippen LogP contribution in [-0.2, 0) is 4.79 Å². The fourth-order valence-electron chi connectivity index (χ4n) is 2.66. The highest BCUT2D eigenvalue weighted by Crippen LogP contribution is 2.26. The first-order chi connectivity index (χ1) is 9.06. The third-order valence-corrected chi connectivity index (χ3v) is 3.95. The molecule has 1 amide bonds. The summed E-state index contributed by atoms with van der Waals surface area (Å²) in [5.74, 6) is 0.191. The van der Waals surface area contributed by atoms with Crippen LogP contribution in [0, 0.1) is 6.92 Å².